The second-order valence-electron chi connectivity index (χ2n) is 6.33. The van der Waals surface area contributed by atoms with E-state index < -0.39 is 0 Å². The van der Waals surface area contributed by atoms with Crippen LogP contribution < -0.4 is 4.74 Å². The fourth-order valence-corrected chi connectivity index (χ4v) is 2.87. The van der Waals surface area contributed by atoms with Gasteiger partial charge in [0.05, 0.1) is 6.61 Å². The minimum absolute atomic E-state index is 0.177. The van der Waals surface area contributed by atoms with Crippen LogP contribution in [0.5, 0.6) is 5.75 Å². The average Bonchev–Trinajstić information content (AvgIpc) is 2.55. The molecule has 1 nitrogen and oxygen atoms in total. The summed E-state index contributed by atoms with van der Waals surface area (Å²) in [7, 11) is 0. The van der Waals surface area contributed by atoms with E-state index in [1.807, 2.05) is 18.2 Å². The summed E-state index contributed by atoms with van der Waals surface area (Å²) in [4.78, 5) is 0. The van der Waals surface area contributed by atoms with Gasteiger partial charge in [-0.1, -0.05) is 58.1 Å². The van der Waals surface area contributed by atoms with Crippen molar-refractivity contribution in [2.24, 2.45) is 0 Å². The minimum atomic E-state index is -0.177. The van der Waals surface area contributed by atoms with Gasteiger partial charge in [0.2, 0.25) is 0 Å². The number of unbranched alkanes of at least 4 members (excludes halogenated alkanes) is 5. The van der Waals surface area contributed by atoms with Gasteiger partial charge in [-0.25, -0.2) is 4.39 Å². The Morgan fingerprint density at radius 1 is 0.870 bits per heavy atom. The second-order valence-corrected chi connectivity index (χ2v) is 6.33. The SMILES string of the molecule is CCCCCCOc1cc(F)c2cc(CCCCC)ccc2c1. The second kappa shape index (κ2) is 9.54. The van der Waals surface area contributed by atoms with E-state index >= 15 is 0 Å². The summed E-state index contributed by atoms with van der Waals surface area (Å²) in [5.41, 5.74) is 1.22. The number of hydrogen-bond acceptors (Lipinski definition) is 1. The third-order valence-electron chi connectivity index (χ3n) is 4.28. The van der Waals surface area contributed by atoms with E-state index in [9.17, 15) is 4.39 Å². The van der Waals surface area contributed by atoms with Gasteiger partial charge < -0.3 is 4.74 Å². The molecule has 0 aromatic heterocycles. The van der Waals surface area contributed by atoms with E-state index in [4.69, 9.17) is 4.74 Å². The molecule has 0 fully saturated rings. The number of ether oxygens (including phenoxy) is 1. The van der Waals surface area contributed by atoms with Gasteiger partial charge in [0.15, 0.2) is 0 Å². The van der Waals surface area contributed by atoms with Crippen molar-refractivity contribution in [1.29, 1.82) is 0 Å². The van der Waals surface area contributed by atoms with Gasteiger partial charge in [0, 0.05) is 11.5 Å². The predicted molar refractivity (Wildman–Crippen MR) is 96.8 cm³/mol. The van der Waals surface area contributed by atoms with E-state index in [0.717, 1.165) is 18.2 Å². The standard InChI is InChI=1S/C21H29FO/c1-3-5-7-9-13-23-19-15-18-12-11-17(10-8-6-4-2)14-20(18)21(22)16-19/h11-12,14-16H,3-10,13H2,1-2H3. The maximum atomic E-state index is 14.4. The summed E-state index contributed by atoms with van der Waals surface area (Å²) in [6.07, 6.45) is 9.28. The van der Waals surface area contributed by atoms with Gasteiger partial charge in [0.25, 0.3) is 0 Å². The molecule has 0 amide bonds. The Morgan fingerprint density at radius 3 is 2.43 bits per heavy atom. The largest absolute Gasteiger partial charge is 0.493 e. The van der Waals surface area contributed by atoms with Crippen LogP contribution in [0.1, 0.15) is 64.4 Å². The first-order chi connectivity index (χ1) is 11.2. The summed E-state index contributed by atoms with van der Waals surface area (Å²) < 4.78 is 20.1. The molecule has 0 bridgehead atoms. The molecule has 0 N–H and O–H groups in total. The van der Waals surface area contributed by atoms with E-state index in [2.05, 4.69) is 19.9 Å². The first-order valence-corrected chi connectivity index (χ1v) is 9.09. The van der Waals surface area contributed by atoms with Gasteiger partial charge in [-0.15, -0.1) is 0 Å². The summed E-state index contributed by atoms with van der Waals surface area (Å²) >= 11 is 0. The molecule has 0 atom stereocenters. The zero-order valence-corrected chi connectivity index (χ0v) is 14.5. The molecular formula is C21H29FO. The van der Waals surface area contributed by atoms with Crippen molar-refractivity contribution in [2.75, 3.05) is 6.61 Å². The maximum absolute atomic E-state index is 14.4. The molecule has 2 heteroatoms. The molecule has 0 unspecified atom stereocenters. The molecule has 0 aliphatic rings. The van der Waals surface area contributed by atoms with Crippen molar-refractivity contribution >= 4 is 10.8 Å². The van der Waals surface area contributed by atoms with Gasteiger partial charge in [-0.2, -0.15) is 0 Å². The molecule has 0 aliphatic carbocycles. The van der Waals surface area contributed by atoms with Crippen LogP contribution in [0.2, 0.25) is 0 Å². The molecule has 0 heterocycles. The average molecular weight is 316 g/mol. The molecule has 0 saturated heterocycles. The summed E-state index contributed by atoms with van der Waals surface area (Å²) in [6, 6.07) is 9.60. The van der Waals surface area contributed by atoms with Crippen molar-refractivity contribution < 1.29 is 9.13 Å². The number of aryl methyl sites for hydroxylation is 1. The molecule has 0 spiro atoms. The zero-order valence-electron chi connectivity index (χ0n) is 14.5. The van der Waals surface area contributed by atoms with Crippen LogP contribution in [-0.2, 0) is 6.42 Å². The molecule has 0 aliphatic heterocycles. The first-order valence-electron chi connectivity index (χ1n) is 9.09. The Kier molecular flexibility index (Phi) is 7.38. The maximum Gasteiger partial charge on any atom is 0.134 e. The van der Waals surface area contributed by atoms with E-state index in [0.29, 0.717) is 17.7 Å². The Hall–Kier alpha value is -1.57. The highest BCUT2D eigenvalue weighted by Gasteiger charge is 2.06. The topological polar surface area (TPSA) is 9.23 Å². The van der Waals surface area contributed by atoms with Crippen LogP contribution >= 0.6 is 0 Å². The molecule has 2 rings (SSSR count). The summed E-state index contributed by atoms with van der Waals surface area (Å²) in [6.45, 7) is 5.06. The highest BCUT2D eigenvalue weighted by Crippen LogP contribution is 2.26. The third kappa shape index (κ3) is 5.53. The normalized spacial score (nSPS) is 11.1. The summed E-state index contributed by atoms with van der Waals surface area (Å²) in [5.74, 6) is 0.466. The lowest BCUT2D eigenvalue weighted by Crippen LogP contribution is -1.98. The monoisotopic (exact) mass is 316 g/mol. The highest BCUT2D eigenvalue weighted by atomic mass is 19.1. The Labute approximate surface area is 139 Å². The molecule has 0 saturated carbocycles. The number of hydrogen-bond donors (Lipinski definition) is 0. The van der Waals surface area contributed by atoms with E-state index in [1.54, 1.807) is 0 Å². The summed E-state index contributed by atoms with van der Waals surface area (Å²) in [5, 5.41) is 1.63. The van der Waals surface area contributed by atoms with E-state index in [-0.39, 0.29) is 5.82 Å². The molecule has 0 radical (unpaired) electrons. The number of rotatable bonds is 10. The number of benzene rings is 2. The van der Waals surface area contributed by atoms with Crippen LogP contribution in [0, 0.1) is 5.82 Å². The van der Waals surface area contributed by atoms with E-state index in [1.165, 1.54) is 50.2 Å². The smallest absolute Gasteiger partial charge is 0.134 e. The fraction of sp³-hybridized carbons (Fsp3) is 0.524. The van der Waals surface area contributed by atoms with Crippen molar-refractivity contribution in [3.63, 3.8) is 0 Å². The highest BCUT2D eigenvalue weighted by molar-refractivity contribution is 5.85. The molecule has 2 aromatic carbocycles. The fourth-order valence-electron chi connectivity index (χ4n) is 2.87. The molecule has 2 aromatic rings. The van der Waals surface area contributed by atoms with Crippen LogP contribution in [-0.4, -0.2) is 6.61 Å². The Morgan fingerprint density at radius 2 is 1.65 bits per heavy atom. The van der Waals surface area contributed by atoms with Gasteiger partial charge in [-0.3, -0.25) is 0 Å². The van der Waals surface area contributed by atoms with Gasteiger partial charge in [0.1, 0.15) is 11.6 Å². The van der Waals surface area contributed by atoms with Crippen LogP contribution in [0.3, 0.4) is 0 Å². The van der Waals surface area contributed by atoms with Crippen LogP contribution in [0.25, 0.3) is 10.8 Å². The van der Waals surface area contributed by atoms with Crippen LogP contribution in [0.15, 0.2) is 30.3 Å². The first kappa shape index (κ1) is 17.8. The lowest BCUT2D eigenvalue weighted by atomic mass is 10.0. The Balaban J connectivity index is 2.02. The van der Waals surface area contributed by atoms with Crippen molar-refractivity contribution in [3.05, 3.63) is 41.7 Å². The minimum Gasteiger partial charge on any atom is -0.493 e. The van der Waals surface area contributed by atoms with Gasteiger partial charge in [-0.05, 0) is 42.3 Å². The zero-order chi connectivity index (χ0) is 16.5. The number of fused-ring (bicyclic) bond motifs is 1. The lowest BCUT2D eigenvalue weighted by molar-refractivity contribution is 0.304. The molecule has 23 heavy (non-hydrogen) atoms. The Bertz CT molecular complexity index is 606. The quantitative estimate of drug-likeness (QED) is 0.445. The van der Waals surface area contributed by atoms with Crippen molar-refractivity contribution in [1.82, 2.24) is 0 Å². The third-order valence-corrected chi connectivity index (χ3v) is 4.28. The van der Waals surface area contributed by atoms with Crippen LogP contribution in [0.4, 0.5) is 4.39 Å². The van der Waals surface area contributed by atoms with Crippen molar-refractivity contribution in [2.45, 2.75) is 65.2 Å². The molecule has 126 valence electrons. The predicted octanol–water partition coefficient (Wildman–Crippen LogP) is 6.67. The van der Waals surface area contributed by atoms with Gasteiger partial charge >= 0.3 is 0 Å². The lowest BCUT2D eigenvalue weighted by Gasteiger charge is -2.09. The number of halogens is 1. The van der Waals surface area contributed by atoms with Crippen molar-refractivity contribution in [3.8, 4) is 5.75 Å². The molecular weight excluding hydrogens is 287 g/mol.